The summed E-state index contributed by atoms with van der Waals surface area (Å²) in [6.07, 6.45) is 2.31. The van der Waals surface area contributed by atoms with Gasteiger partial charge in [0.1, 0.15) is 5.76 Å². The zero-order valence-electron chi connectivity index (χ0n) is 16.1. The van der Waals surface area contributed by atoms with Gasteiger partial charge in [0, 0.05) is 23.7 Å². The number of carbonyl (C=O) groups is 2. The molecule has 2 aromatic carbocycles. The predicted molar refractivity (Wildman–Crippen MR) is 113 cm³/mol. The molecule has 0 aliphatic carbocycles. The molecule has 2 fully saturated rings. The molecule has 2 aromatic rings. The lowest BCUT2D eigenvalue weighted by Crippen LogP contribution is -2.37. The minimum atomic E-state index is -0.656. The van der Waals surface area contributed by atoms with Crippen LogP contribution in [0, 0.1) is 0 Å². The van der Waals surface area contributed by atoms with Crippen LogP contribution in [0.4, 0.5) is 0 Å². The zero-order chi connectivity index (χ0) is 20.4. The number of rotatable bonds is 5. The number of hydrogen-bond acceptors (Lipinski definition) is 4. The zero-order valence-corrected chi connectivity index (χ0v) is 16.8. The molecule has 0 spiro atoms. The summed E-state index contributed by atoms with van der Waals surface area (Å²) in [5.41, 5.74) is 1.34. The molecular weight excluding hydrogens is 388 g/mol. The van der Waals surface area contributed by atoms with E-state index < -0.39 is 17.7 Å². The molecular formula is C23H23ClN2O3. The van der Waals surface area contributed by atoms with Gasteiger partial charge < -0.3 is 14.9 Å². The molecule has 0 bridgehead atoms. The van der Waals surface area contributed by atoms with Gasteiger partial charge >= 0.3 is 0 Å². The molecule has 5 nitrogen and oxygen atoms in total. The topological polar surface area (TPSA) is 60.9 Å². The fourth-order valence-electron chi connectivity index (χ4n) is 4.14. The maximum Gasteiger partial charge on any atom is 0.295 e. The molecule has 0 saturated carbocycles. The number of likely N-dealkylation sites (tertiary alicyclic amines) is 2. The number of carbonyl (C=O) groups excluding carboxylic acids is 2. The SMILES string of the molecule is O=C1C(=O)N(CCN2CCCC2)C(c2cccc(Cl)c2)/C1=C(\O)c1ccccc1. The Labute approximate surface area is 175 Å². The number of aliphatic hydroxyl groups is 1. The molecule has 2 saturated heterocycles. The van der Waals surface area contributed by atoms with Crippen molar-refractivity contribution in [2.75, 3.05) is 26.2 Å². The van der Waals surface area contributed by atoms with E-state index in [1.165, 1.54) is 0 Å². The highest BCUT2D eigenvalue weighted by molar-refractivity contribution is 6.46. The Morgan fingerprint density at radius 3 is 2.41 bits per heavy atom. The number of halogens is 1. The summed E-state index contributed by atoms with van der Waals surface area (Å²) in [5.74, 6) is -1.39. The summed E-state index contributed by atoms with van der Waals surface area (Å²) in [6.45, 7) is 3.15. The molecule has 2 aliphatic heterocycles. The van der Waals surface area contributed by atoms with Crippen LogP contribution in [0.1, 0.15) is 30.0 Å². The monoisotopic (exact) mass is 410 g/mol. The molecule has 1 amide bonds. The van der Waals surface area contributed by atoms with Gasteiger partial charge in [0.15, 0.2) is 0 Å². The molecule has 1 unspecified atom stereocenters. The van der Waals surface area contributed by atoms with Gasteiger partial charge in [-0.15, -0.1) is 0 Å². The van der Waals surface area contributed by atoms with Crippen molar-refractivity contribution in [3.05, 3.63) is 76.3 Å². The van der Waals surface area contributed by atoms with Gasteiger partial charge in [-0.25, -0.2) is 0 Å². The quantitative estimate of drug-likeness (QED) is 0.462. The Bertz CT molecular complexity index is 952. The summed E-state index contributed by atoms with van der Waals surface area (Å²) < 4.78 is 0. The van der Waals surface area contributed by atoms with Crippen LogP contribution in [0.2, 0.25) is 5.02 Å². The first-order chi connectivity index (χ1) is 14.1. The Morgan fingerprint density at radius 2 is 1.72 bits per heavy atom. The molecule has 6 heteroatoms. The first-order valence-electron chi connectivity index (χ1n) is 9.88. The normalized spacial score (nSPS) is 21.8. The molecule has 4 rings (SSSR count). The van der Waals surface area contributed by atoms with Crippen LogP contribution < -0.4 is 0 Å². The highest BCUT2D eigenvalue weighted by atomic mass is 35.5. The van der Waals surface area contributed by atoms with Gasteiger partial charge in [-0.1, -0.05) is 54.1 Å². The van der Waals surface area contributed by atoms with Crippen LogP contribution in [0.3, 0.4) is 0 Å². The van der Waals surface area contributed by atoms with Crippen LogP contribution in [0.25, 0.3) is 5.76 Å². The van der Waals surface area contributed by atoms with Crippen molar-refractivity contribution in [1.29, 1.82) is 0 Å². The van der Waals surface area contributed by atoms with E-state index in [0.717, 1.165) is 31.5 Å². The van der Waals surface area contributed by atoms with Crippen molar-refractivity contribution in [3.63, 3.8) is 0 Å². The number of ketones is 1. The second kappa shape index (κ2) is 8.39. The molecule has 2 heterocycles. The Morgan fingerprint density at radius 1 is 1.00 bits per heavy atom. The first kappa shape index (κ1) is 19.7. The van der Waals surface area contributed by atoms with Crippen molar-refractivity contribution in [1.82, 2.24) is 9.80 Å². The van der Waals surface area contributed by atoms with Crippen molar-refractivity contribution in [3.8, 4) is 0 Å². The number of benzene rings is 2. The Hall–Kier alpha value is -2.63. The van der Waals surface area contributed by atoms with Crippen LogP contribution in [0.5, 0.6) is 0 Å². The molecule has 29 heavy (non-hydrogen) atoms. The standard InChI is InChI=1S/C23H23ClN2O3/c24-18-10-6-9-17(15-18)20-19(21(27)16-7-2-1-3-8-16)22(28)23(29)26(20)14-13-25-11-4-5-12-25/h1-3,6-10,15,20,27H,4-5,11-14H2/b21-19+. The highest BCUT2D eigenvalue weighted by Gasteiger charge is 2.46. The maximum absolute atomic E-state index is 12.9. The second-order valence-electron chi connectivity index (χ2n) is 7.46. The van der Waals surface area contributed by atoms with Crippen molar-refractivity contribution in [2.24, 2.45) is 0 Å². The number of amides is 1. The number of hydrogen-bond donors (Lipinski definition) is 1. The third-order valence-corrected chi connectivity index (χ3v) is 5.84. The fourth-order valence-corrected chi connectivity index (χ4v) is 4.34. The van der Waals surface area contributed by atoms with Crippen LogP contribution in [0.15, 0.2) is 60.2 Å². The second-order valence-corrected chi connectivity index (χ2v) is 7.90. The summed E-state index contributed by atoms with van der Waals surface area (Å²) in [6, 6.07) is 15.3. The van der Waals surface area contributed by atoms with Crippen molar-refractivity contribution < 1.29 is 14.7 Å². The van der Waals surface area contributed by atoms with Gasteiger partial charge in [0.25, 0.3) is 11.7 Å². The minimum absolute atomic E-state index is 0.116. The Balaban J connectivity index is 1.76. The molecule has 0 radical (unpaired) electrons. The molecule has 0 aromatic heterocycles. The average Bonchev–Trinajstić information content (AvgIpc) is 3.34. The summed E-state index contributed by atoms with van der Waals surface area (Å²) >= 11 is 6.19. The maximum atomic E-state index is 12.9. The van der Waals surface area contributed by atoms with Crippen molar-refractivity contribution in [2.45, 2.75) is 18.9 Å². The number of Topliss-reactive ketones (excluding diaryl/α,β-unsaturated/α-hetero) is 1. The van der Waals surface area contributed by atoms with E-state index in [1.807, 2.05) is 12.1 Å². The van der Waals surface area contributed by atoms with E-state index in [0.29, 0.717) is 23.7 Å². The summed E-state index contributed by atoms with van der Waals surface area (Å²) in [7, 11) is 0. The van der Waals surface area contributed by atoms with Crippen molar-refractivity contribution >= 4 is 29.1 Å². The molecule has 1 N–H and O–H groups in total. The lowest BCUT2D eigenvalue weighted by atomic mass is 9.95. The van der Waals surface area contributed by atoms with Gasteiger partial charge in [0.2, 0.25) is 0 Å². The van der Waals surface area contributed by atoms with E-state index in [2.05, 4.69) is 4.90 Å². The molecule has 2 aliphatic rings. The lowest BCUT2D eigenvalue weighted by Gasteiger charge is -2.27. The third-order valence-electron chi connectivity index (χ3n) is 5.61. The number of nitrogens with zero attached hydrogens (tertiary/aromatic N) is 2. The molecule has 150 valence electrons. The van der Waals surface area contributed by atoms with E-state index in [4.69, 9.17) is 11.6 Å². The minimum Gasteiger partial charge on any atom is -0.507 e. The fraction of sp³-hybridized carbons (Fsp3) is 0.304. The van der Waals surface area contributed by atoms with Gasteiger partial charge in [0.05, 0.1) is 11.6 Å². The van der Waals surface area contributed by atoms with Gasteiger partial charge in [-0.05, 0) is 43.6 Å². The van der Waals surface area contributed by atoms with Crippen LogP contribution >= 0.6 is 11.6 Å². The van der Waals surface area contributed by atoms with E-state index in [9.17, 15) is 14.7 Å². The van der Waals surface area contributed by atoms with E-state index >= 15 is 0 Å². The van der Waals surface area contributed by atoms with Crippen LogP contribution in [-0.2, 0) is 9.59 Å². The van der Waals surface area contributed by atoms with Gasteiger partial charge in [-0.3, -0.25) is 9.59 Å². The third kappa shape index (κ3) is 3.93. The largest absolute Gasteiger partial charge is 0.507 e. The molecule has 1 atom stereocenters. The average molecular weight is 411 g/mol. The lowest BCUT2D eigenvalue weighted by molar-refractivity contribution is -0.140. The van der Waals surface area contributed by atoms with E-state index in [-0.39, 0.29) is 11.3 Å². The van der Waals surface area contributed by atoms with E-state index in [1.54, 1.807) is 47.4 Å². The predicted octanol–water partition coefficient (Wildman–Crippen LogP) is 3.86. The summed E-state index contributed by atoms with van der Waals surface area (Å²) in [4.78, 5) is 29.7. The smallest absolute Gasteiger partial charge is 0.295 e. The highest BCUT2D eigenvalue weighted by Crippen LogP contribution is 2.39. The summed E-state index contributed by atoms with van der Waals surface area (Å²) in [5, 5.41) is 11.5. The van der Waals surface area contributed by atoms with Crippen LogP contribution in [-0.4, -0.2) is 52.8 Å². The van der Waals surface area contributed by atoms with Gasteiger partial charge in [-0.2, -0.15) is 0 Å². The first-order valence-corrected chi connectivity index (χ1v) is 10.3. The Kier molecular flexibility index (Phi) is 5.69. The number of aliphatic hydroxyl groups excluding tert-OH is 1.